The Hall–Kier alpha value is -1.83. The van der Waals surface area contributed by atoms with Gasteiger partial charge in [0.15, 0.2) is 0 Å². The summed E-state index contributed by atoms with van der Waals surface area (Å²) in [4.78, 5) is 0. The summed E-state index contributed by atoms with van der Waals surface area (Å²) in [6.45, 7) is 5.75. The van der Waals surface area contributed by atoms with E-state index in [1.54, 1.807) is 6.08 Å². The SMILES string of the molecule is C=Cc1cc(-c2ccc(C)cc2)n[nH]1. The van der Waals surface area contributed by atoms with E-state index in [9.17, 15) is 0 Å². The predicted octanol–water partition coefficient (Wildman–Crippen LogP) is 3.03. The van der Waals surface area contributed by atoms with Gasteiger partial charge < -0.3 is 0 Å². The third-order valence-electron chi connectivity index (χ3n) is 2.16. The van der Waals surface area contributed by atoms with E-state index in [-0.39, 0.29) is 0 Å². The van der Waals surface area contributed by atoms with E-state index in [0.29, 0.717) is 0 Å². The van der Waals surface area contributed by atoms with Crippen molar-refractivity contribution in [2.75, 3.05) is 0 Å². The number of aromatic amines is 1. The molecule has 2 heteroatoms. The number of hydrogen-bond donors (Lipinski definition) is 1. The number of nitrogens with one attached hydrogen (secondary N) is 1. The molecule has 1 aromatic heterocycles. The molecule has 0 atom stereocenters. The first-order valence-electron chi connectivity index (χ1n) is 4.54. The van der Waals surface area contributed by atoms with Gasteiger partial charge in [0, 0.05) is 5.56 Å². The first-order valence-corrected chi connectivity index (χ1v) is 4.54. The fourth-order valence-electron chi connectivity index (χ4n) is 1.31. The van der Waals surface area contributed by atoms with Crippen LogP contribution < -0.4 is 0 Å². The van der Waals surface area contributed by atoms with Crippen LogP contribution >= 0.6 is 0 Å². The van der Waals surface area contributed by atoms with Crippen LogP contribution in [-0.4, -0.2) is 10.2 Å². The lowest BCUT2D eigenvalue weighted by Crippen LogP contribution is -1.77. The van der Waals surface area contributed by atoms with Gasteiger partial charge in [-0.15, -0.1) is 0 Å². The molecule has 0 bridgehead atoms. The monoisotopic (exact) mass is 184 g/mol. The summed E-state index contributed by atoms with van der Waals surface area (Å²) in [5, 5.41) is 7.09. The zero-order chi connectivity index (χ0) is 9.97. The van der Waals surface area contributed by atoms with Crippen molar-refractivity contribution in [2.24, 2.45) is 0 Å². The highest BCUT2D eigenvalue weighted by molar-refractivity contribution is 5.62. The number of nitrogens with zero attached hydrogens (tertiary/aromatic N) is 1. The lowest BCUT2D eigenvalue weighted by molar-refractivity contribution is 1.08. The molecule has 0 spiro atoms. The van der Waals surface area contributed by atoms with Crippen molar-refractivity contribution in [2.45, 2.75) is 6.92 Å². The van der Waals surface area contributed by atoms with Gasteiger partial charge in [-0.05, 0) is 19.1 Å². The summed E-state index contributed by atoms with van der Waals surface area (Å²) in [6.07, 6.45) is 1.75. The molecule has 0 radical (unpaired) electrons. The summed E-state index contributed by atoms with van der Waals surface area (Å²) < 4.78 is 0. The molecule has 0 saturated heterocycles. The van der Waals surface area contributed by atoms with E-state index in [2.05, 4.69) is 48.0 Å². The van der Waals surface area contributed by atoms with E-state index in [4.69, 9.17) is 0 Å². The fourth-order valence-corrected chi connectivity index (χ4v) is 1.31. The summed E-state index contributed by atoms with van der Waals surface area (Å²) in [5.74, 6) is 0. The zero-order valence-electron chi connectivity index (χ0n) is 8.12. The Morgan fingerprint density at radius 1 is 1.29 bits per heavy atom. The highest BCUT2D eigenvalue weighted by Crippen LogP contribution is 2.18. The number of H-pyrrole nitrogens is 1. The van der Waals surface area contributed by atoms with Gasteiger partial charge in [-0.3, -0.25) is 5.10 Å². The Morgan fingerprint density at radius 3 is 2.57 bits per heavy atom. The Morgan fingerprint density at radius 2 is 2.00 bits per heavy atom. The molecular formula is C12H12N2. The van der Waals surface area contributed by atoms with Crippen LogP contribution in [0.5, 0.6) is 0 Å². The number of benzene rings is 1. The van der Waals surface area contributed by atoms with E-state index in [1.165, 1.54) is 5.56 Å². The second-order valence-electron chi connectivity index (χ2n) is 3.28. The lowest BCUT2D eigenvalue weighted by atomic mass is 10.1. The molecule has 0 saturated carbocycles. The van der Waals surface area contributed by atoms with Crippen molar-refractivity contribution in [3.8, 4) is 11.3 Å². The fraction of sp³-hybridized carbons (Fsp3) is 0.0833. The lowest BCUT2D eigenvalue weighted by Gasteiger charge is -1.95. The van der Waals surface area contributed by atoms with Crippen LogP contribution in [0.15, 0.2) is 36.9 Å². The van der Waals surface area contributed by atoms with Gasteiger partial charge >= 0.3 is 0 Å². The molecule has 0 fully saturated rings. The van der Waals surface area contributed by atoms with Crippen LogP contribution in [0, 0.1) is 6.92 Å². The third kappa shape index (κ3) is 1.59. The molecule has 1 aromatic carbocycles. The molecule has 0 aliphatic carbocycles. The normalized spacial score (nSPS) is 10.1. The van der Waals surface area contributed by atoms with E-state index >= 15 is 0 Å². The molecular weight excluding hydrogens is 172 g/mol. The second kappa shape index (κ2) is 3.50. The summed E-state index contributed by atoms with van der Waals surface area (Å²) in [7, 11) is 0. The Kier molecular flexibility index (Phi) is 2.19. The smallest absolute Gasteiger partial charge is 0.0926 e. The quantitative estimate of drug-likeness (QED) is 0.763. The Labute approximate surface area is 83.3 Å². The van der Waals surface area contributed by atoms with Crippen molar-refractivity contribution in [1.29, 1.82) is 0 Å². The van der Waals surface area contributed by atoms with Crippen molar-refractivity contribution in [3.63, 3.8) is 0 Å². The van der Waals surface area contributed by atoms with Gasteiger partial charge in [0.05, 0.1) is 11.4 Å². The topological polar surface area (TPSA) is 28.7 Å². The largest absolute Gasteiger partial charge is 0.278 e. The van der Waals surface area contributed by atoms with Crippen LogP contribution in [0.3, 0.4) is 0 Å². The van der Waals surface area contributed by atoms with Crippen LogP contribution in [0.4, 0.5) is 0 Å². The summed E-state index contributed by atoms with van der Waals surface area (Å²) in [6, 6.07) is 10.3. The molecule has 70 valence electrons. The van der Waals surface area contributed by atoms with Gasteiger partial charge in [-0.25, -0.2) is 0 Å². The van der Waals surface area contributed by atoms with Gasteiger partial charge in [-0.1, -0.05) is 36.4 Å². The minimum atomic E-state index is 0.945. The standard InChI is InChI=1S/C12H12N2/c1-3-11-8-12(14-13-11)10-6-4-9(2)5-7-10/h3-8H,1H2,2H3,(H,13,14). The number of aryl methyl sites for hydroxylation is 1. The minimum absolute atomic E-state index is 0.945. The number of rotatable bonds is 2. The molecule has 1 N–H and O–H groups in total. The molecule has 2 rings (SSSR count). The maximum absolute atomic E-state index is 4.19. The van der Waals surface area contributed by atoms with Crippen molar-refractivity contribution >= 4 is 6.08 Å². The number of aromatic nitrogens is 2. The summed E-state index contributed by atoms with van der Waals surface area (Å²) >= 11 is 0. The third-order valence-corrected chi connectivity index (χ3v) is 2.16. The predicted molar refractivity (Wildman–Crippen MR) is 58.9 cm³/mol. The molecule has 0 amide bonds. The zero-order valence-corrected chi connectivity index (χ0v) is 8.12. The van der Waals surface area contributed by atoms with Crippen LogP contribution in [-0.2, 0) is 0 Å². The first kappa shape index (κ1) is 8.75. The van der Waals surface area contributed by atoms with Crippen LogP contribution in [0.2, 0.25) is 0 Å². The molecule has 14 heavy (non-hydrogen) atoms. The van der Waals surface area contributed by atoms with Gasteiger partial charge in [-0.2, -0.15) is 5.10 Å². The number of hydrogen-bond acceptors (Lipinski definition) is 1. The molecule has 0 aliphatic rings. The Bertz CT molecular complexity index is 438. The molecule has 0 unspecified atom stereocenters. The maximum Gasteiger partial charge on any atom is 0.0926 e. The maximum atomic E-state index is 4.19. The van der Waals surface area contributed by atoms with Gasteiger partial charge in [0.2, 0.25) is 0 Å². The van der Waals surface area contributed by atoms with E-state index in [1.807, 2.05) is 6.07 Å². The van der Waals surface area contributed by atoms with Crippen molar-refractivity contribution in [1.82, 2.24) is 10.2 Å². The van der Waals surface area contributed by atoms with E-state index < -0.39 is 0 Å². The highest BCUT2D eigenvalue weighted by atomic mass is 15.1. The molecule has 2 aromatic rings. The molecule has 1 heterocycles. The van der Waals surface area contributed by atoms with Crippen molar-refractivity contribution < 1.29 is 0 Å². The average Bonchev–Trinajstić information content (AvgIpc) is 2.67. The second-order valence-corrected chi connectivity index (χ2v) is 3.28. The molecule has 2 nitrogen and oxygen atoms in total. The summed E-state index contributed by atoms with van der Waals surface area (Å²) in [5.41, 5.74) is 4.29. The van der Waals surface area contributed by atoms with Gasteiger partial charge in [0.25, 0.3) is 0 Å². The molecule has 0 aliphatic heterocycles. The average molecular weight is 184 g/mol. The minimum Gasteiger partial charge on any atom is -0.278 e. The highest BCUT2D eigenvalue weighted by Gasteiger charge is 2.00. The van der Waals surface area contributed by atoms with E-state index in [0.717, 1.165) is 17.0 Å². The van der Waals surface area contributed by atoms with Crippen molar-refractivity contribution in [3.05, 3.63) is 48.2 Å². The Balaban J connectivity index is 2.39. The van der Waals surface area contributed by atoms with Gasteiger partial charge in [0.1, 0.15) is 0 Å². The van der Waals surface area contributed by atoms with Crippen LogP contribution in [0.25, 0.3) is 17.3 Å². The van der Waals surface area contributed by atoms with Crippen LogP contribution in [0.1, 0.15) is 11.3 Å². The first-order chi connectivity index (χ1) is 6.79.